The SMILES string of the molecule is CCCCn1[c]ncn1. The highest BCUT2D eigenvalue weighted by Gasteiger charge is 1.87. The van der Waals surface area contributed by atoms with Crippen molar-refractivity contribution in [1.82, 2.24) is 14.8 Å². The summed E-state index contributed by atoms with van der Waals surface area (Å²) in [6.07, 6.45) is 6.58. The molecule has 1 radical (unpaired) electrons. The third-order valence-corrected chi connectivity index (χ3v) is 1.15. The molecule has 0 spiro atoms. The summed E-state index contributed by atoms with van der Waals surface area (Å²) in [5.41, 5.74) is 0. The van der Waals surface area contributed by atoms with E-state index in [4.69, 9.17) is 0 Å². The van der Waals surface area contributed by atoms with Gasteiger partial charge in [-0.15, -0.1) is 0 Å². The molecule has 1 rings (SSSR count). The Morgan fingerprint density at radius 3 is 3.11 bits per heavy atom. The first-order valence-electron chi connectivity index (χ1n) is 3.19. The zero-order chi connectivity index (χ0) is 6.53. The monoisotopic (exact) mass is 124 g/mol. The predicted octanol–water partition coefficient (Wildman–Crippen LogP) is 0.878. The summed E-state index contributed by atoms with van der Waals surface area (Å²) in [5, 5.41) is 3.90. The van der Waals surface area contributed by atoms with Crippen LogP contribution in [0.4, 0.5) is 0 Å². The molecule has 0 N–H and O–H groups in total. The summed E-state index contributed by atoms with van der Waals surface area (Å²) in [6.45, 7) is 3.09. The van der Waals surface area contributed by atoms with Crippen LogP contribution >= 0.6 is 0 Å². The lowest BCUT2D eigenvalue weighted by Gasteiger charge is -1.93. The molecule has 3 heteroatoms. The van der Waals surface area contributed by atoms with Gasteiger partial charge in [-0.2, -0.15) is 5.10 Å². The highest BCUT2D eigenvalue weighted by molar-refractivity contribution is 4.52. The number of hydrogen-bond donors (Lipinski definition) is 0. The third kappa shape index (κ3) is 1.83. The second kappa shape index (κ2) is 3.22. The third-order valence-electron chi connectivity index (χ3n) is 1.15. The summed E-state index contributed by atoms with van der Waals surface area (Å²) in [7, 11) is 0. The Morgan fingerprint density at radius 2 is 2.56 bits per heavy atom. The molecule has 1 aromatic rings. The van der Waals surface area contributed by atoms with Crippen molar-refractivity contribution in [2.45, 2.75) is 26.3 Å². The lowest BCUT2D eigenvalue weighted by Crippen LogP contribution is -1.97. The zero-order valence-corrected chi connectivity index (χ0v) is 5.54. The van der Waals surface area contributed by atoms with Gasteiger partial charge in [0.1, 0.15) is 6.33 Å². The topological polar surface area (TPSA) is 30.7 Å². The fourth-order valence-electron chi connectivity index (χ4n) is 0.622. The van der Waals surface area contributed by atoms with Crippen molar-refractivity contribution < 1.29 is 0 Å². The van der Waals surface area contributed by atoms with Crippen LogP contribution < -0.4 is 0 Å². The molecule has 0 aromatic carbocycles. The van der Waals surface area contributed by atoms with Crippen LogP contribution in [-0.4, -0.2) is 14.8 Å². The summed E-state index contributed by atoms with van der Waals surface area (Å²) in [6, 6.07) is 0. The van der Waals surface area contributed by atoms with Crippen LogP contribution in [0.2, 0.25) is 0 Å². The Kier molecular flexibility index (Phi) is 2.24. The second-order valence-corrected chi connectivity index (χ2v) is 1.94. The van der Waals surface area contributed by atoms with Crippen LogP contribution in [0.3, 0.4) is 0 Å². The molecule has 0 saturated heterocycles. The molecule has 0 aliphatic heterocycles. The fraction of sp³-hybridized carbons (Fsp3) is 0.667. The van der Waals surface area contributed by atoms with E-state index in [-0.39, 0.29) is 0 Å². The lowest BCUT2D eigenvalue weighted by atomic mass is 10.3. The highest BCUT2D eigenvalue weighted by atomic mass is 15.3. The predicted molar refractivity (Wildman–Crippen MR) is 33.8 cm³/mol. The molecule has 0 amide bonds. The van der Waals surface area contributed by atoms with E-state index in [9.17, 15) is 0 Å². The number of nitrogens with zero attached hydrogens (tertiary/aromatic N) is 3. The molecule has 0 saturated carbocycles. The van der Waals surface area contributed by atoms with Gasteiger partial charge in [-0.05, 0) is 6.42 Å². The van der Waals surface area contributed by atoms with Crippen molar-refractivity contribution in [2.75, 3.05) is 0 Å². The van der Waals surface area contributed by atoms with Crippen molar-refractivity contribution >= 4 is 0 Å². The van der Waals surface area contributed by atoms with E-state index in [2.05, 4.69) is 23.3 Å². The maximum Gasteiger partial charge on any atom is 0.195 e. The Bertz CT molecular complexity index is 145. The first-order chi connectivity index (χ1) is 4.43. The maximum atomic E-state index is 3.90. The molecule has 0 unspecified atom stereocenters. The molecular formula is C6H10N3. The van der Waals surface area contributed by atoms with Gasteiger partial charge in [0, 0.05) is 6.54 Å². The van der Waals surface area contributed by atoms with Gasteiger partial charge < -0.3 is 0 Å². The number of aromatic nitrogens is 3. The quantitative estimate of drug-likeness (QED) is 0.598. The largest absolute Gasteiger partial charge is 0.243 e. The van der Waals surface area contributed by atoms with Crippen molar-refractivity contribution in [3.8, 4) is 0 Å². The van der Waals surface area contributed by atoms with Gasteiger partial charge in [-0.1, -0.05) is 13.3 Å². The summed E-state index contributed by atoms with van der Waals surface area (Å²) < 4.78 is 1.73. The molecule has 0 bridgehead atoms. The van der Waals surface area contributed by atoms with Crippen molar-refractivity contribution in [3.05, 3.63) is 12.7 Å². The Morgan fingerprint density at radius 1 is 1.67 bits per heavy atom. The molecule has 0 aliphatic rings. The minimum absolute atomic E-state index is 0.941. The molecule has 49 valence electrons. The van der Waals surface area contributed by atoms with Gasteiger partial charge >= 0.3 is 0 Å². The van der Waals surface area contributed by atoms with Crippen LogP contribution in [0, 0.1) is 6.33 Å². The van der Waals surface area contributed by atoms with Gasteiger partial charge in [-0.25, -0.2) is 9.67 Å². The number of unbranched alkanes of at least 4 members (excludes halogenated alkanes) is 1. The van der Waals surface area contributed by atoms with E-state index in [1.165, 1.54) is 12.7 Å². The smallest absolute Gasteiger partial charge is 0.195 e. The van der Waals surface area contributed by atoms with Gasteiger partial charge in [0.25, 0.3) is 0 Å². The molecular weight excluding hydrogens is 114 g/mol. The van der Waals surface area contributed by atoms with Gasteiger partial charge in [0.15, 0.2) is 6.33 Å². The normalized spacial score (nSPS) is 9.89. The van der Waals surface area contributed by atoms with Crippen LogP contribution in [-0.2, 0) is 6.54 Å². The van der Waals surface area contributed by atoms with Crippen molar-refractivity contribution in [3.63, 3.8) is 0 Å². The number of hydrogen-bond acceptors (Lipinski definition) is 2. The molecule has 0 fully saturated rings. The van der Waals surface area contributed by atoms with E-state index in [1.54, 1.807) is 4.68 Å². The Balaban J connectivity index is 2.30. The maximum absolute atomic E-state index is 3.90. The van der Waals surface area contributed by atoms with Crippen molar-refractivity contribution in [2.24, 2.45) is 0 Å². The Labute approximate surface area is 54.7 Å². The van der Waals surface area contributed by atoms with Crippen LogP contribution in [0.5, 0.6) is 0 Å². The standard InChI is InChI=1S/C6H10N3/c1-2-3-4-9-6-7-5-8-9/h5H,2-4H2,1H3. The molecule has 0 atom stereocenters. The molecule has 0 aliphatic carbocycles. The lowest BCUT2D eigenvalue weighted by molar-refractivity contribution is 0.567. The van der Waals surface area contributed by atoms with Gasteiger partial charge in [-0.3, -0.25) is 0 Å². The summed E-state index contributed by atoms with van der Waals surface area (Å²) in [4.78, 5) is 3.70. The minimum Gasteiger partial charge on any atom is -0.243 e. The van der Waals surface area contributed by atoms with Gasteiger partial charge in [0.2, 0.25) is 0 Å². The highest BCUT2D eigenvalue weighted by Crippen LogP contribution is 1.89. The van der Waals surface area contributed by atoms with Crippen LogP contribution in [0.1, 0.15) is 19.8 Å². The van der Waals surface area contributed by atoms with Gasteiger partial charge in [0.05, 0.1) is 0 Å². The average molecular weight is 124 g/mol. The molecule has 3 nitrogen and oxygen atoms in total. The number of rotatable bonds is 3. The first-order valence-corrected chi connectivity index (χ1v) is 3.19. The molecule has 1 heterocycles. The Hall–Kier alpha value is -0.860. The minimum atomic E-state index is 0.941. The van der Waals surface area contributed by atoms with E-state index in [0.717, 1.165) is 13.0 Å². The van der Waals surface area contributed by atoms with E-state index >= 15 is 0 Å². The average Bonchev–Trinajstić information content (AvgIpc) is 2.34. The zero-order valence-electron chi connectivity index (χ0n) is 5.54. The van der Waals surface area contributed by atoms with Crippen molar-refractivity contribution in [1.29, 1.82) is 0 Å². The summed E-state index contributed by atoms with van der Waals surface area (Å²) in [5.74, 6) is 0. The fourth-order valence-corrected chi connectivity index (χ4v) is 0.622. The molecule has 1 aromatic heterocycles. The van der Waals surface area contributed by atoms with E-state index in [1.807, 2.05) is 0 Å². The second-order valence-electron chi connectivity index (χ2n) is 1.94. The molecule has 9 heavy (non-hydrogen) atoms. The van der Waals surface area contributed by atoms with Crippen LogP contribution in [0.25, 0.3) is 0 Å². The van der Waals surface area contributed by atoms with Crippen LogP contribution in [0.15, 0.2) is 6.33 Å². The summed E-state index contributed by atoms with van der Waals surface area (Å²) >= 11 is 0. The van der Waals surface area contributed by atoms with E-state index in [0.29, 0.717) is 0 Å². The van der Waals surface area contributed by atoms with E-state index < -0.39 is 0 Å². The first kappa shape index (κ1) is 6.26. The number of aryl methyl sites for hydroxylation is 1.